The Morgan fingerprint density at radius 3 is 2.35 bits per heavy atom. The van der Waals surface area contributed by atoms with Gasteiger partial charge in [0.2, 0.25) is 10.0 Å². The van der Waals surface area contributed by atoms with E-state index in [0.717, 1.165) is 24.2 Å². The zero-order valence-corrected chi connectivity index (χ0v) is 18.7. The van der Waals surface area contributed by atoms with Crippen LogP contribution in [-0.2, 0) is 21.3 Å². The maximum atomic E-state index is 12.9. The minimum atomic E-state index is -3.65. The SMILES string of the molecule is Cc1ccc(S(=O)(=O)N2CCOCC2)cc1C(=O)NCc1ccc(N2CCCC2)cc1. The van der Waals surface area contributed by atoms with Gasteiger partial charge in [-0.05, 0) is 55.2 Å². The van der Waals surface area contributed by atoms with Crippen LogP contribution in [0.15, 0.2) is 47.4 Å². The molecule has 0 atom stereocenters. The maximum absolute atomic E-state index is 12.9. The summed E-state index contributed by atoms with van der Waals surface area (Å²) in [5, 5.41) is 2.92. The van der Waals surface area contributed by atoms with Crippen LogP contribution in [0.1, 0.15) is 34.3 Å². The lowest BCUT2D eigenvalue weighted by atomic mass is 10.1. The molecule has 166 valence electrons. The Balaban J connectivity index is 1.44. The van der Waals surface area contributed by atoms with Crippen LogP contribution >= 0.6 is 0 Å². The van der Waals surface area contributed by atoms with Crippen molar-refractivity contribution in [2.24, 2.45) is 0 Å². The number of aryl methyl sites for hydroxylation is 1. The second kappa shape index (κ2) is 9.38. The quantitative estimate of drug-likeness (QED) is 0.742. The molecule has 8 heteroatoms. The summed E-state index contributed by atoms with van der Waals surface area (Å²) in [7, 11) is -3.65. The van der Waals surface area contributed by atoms with Crippen LogP contribution in [0.4, 0.5) is 5.69 Å². The maximum Gasteiger partial charge on any atom is 0.251 e. The van der Waals surface area contributed by atoms with Crippen molar-refractivity contribution < 1.29 is 17.9 Å². The summed E-state index contributed by atoms with van der Waals surface area (Å²) in [5.74, 6) is -0.278. The van der Waals surface area contributed by atoms with Crippen LogP contribution in [0.2, 0.25) is 0 Å². The van der Waals surface area contributed by atoms with Gasteiger partial charge in [0.1, 0.15) is 0 Å². The first-order chi connectivity index (χ1) is 14.9. The van der Waals surface area contributed by atoms with Gasteiger partial charge in [-0.15, -0.1) is 0 Å². The number of carbonyl (C=O) groups excluding carboxylic acids is 1. The molecule has 0 aromatic heterocycles. The number of rotatable bonds is 6. The van der Waals surface area contributed by atoms with Gasteiger partial charge in [0.15, 0.2) is 0 Å². The lowest BCUT2D eigenvalue weighted by Gasteiger charge is -2.26. The molecule has 0 spiro atoms. The molecule has 0 bridgehead atoms. The lowest BCUT2D eigenvalue weighted by molar-refractivity contribution is 0.0730. The van der Waals surface area contributed by atoms with E-state index in [9.17, 15) is 13.2 Å². The molecule has 2 aliphatic heterocycles. The van der Waals surface area contributed by atoms with Crippen LogP contribution in [0.25, 0.3) is 0 Å². The summed E-state index contributed by atoms with van der Waals surface area (Å²) in [6, 6.07) is 13.0. The van der Waals surface area contributed by atoms with E-state index in [1.807, 2.05) is 19.1 Å². The Hall–Kier alpha value is -2.42. The minimum Gasteiger partial charge on any atom is -0.379 e. The predicted molar refractivity (Wildman–Crippen MR) is 120 cm³/mol. The molecular formula is C23H29N3O4S. The highest BCUT2D eigenvalue weighted by atomic mass is 32.2. The molecule has 2 saturated heterocycles. The van der Waals surface area contributed by atoms with E-state index in [1.54, 1.807) is 12.1 Å². The molecule has 31 heavy (non-hydrogen) atoms. The van der Waals surface area contributed by atoms with Gasteiger partial charge in [-0.25, -0.2) is 8.42 Å². The Kier molecular flexibility index (Phi) is 6.60. The second-order valence-corrected chi connectivity index (χ2v) is 9.97. The van der Waals surface area contributed by atoms with Crippen molar-refractivity contribution in [1.82, 2.24) is 9.62 Å². The Bertz CT molecular complexity index is 1030. The monoisotopic (exact) mass is 443 g/mol. The third kappa shape index (κ3) is 4.92. The largest absolute Gasteiger partial charge is 0.379 e. The molecule has 2 heterocycles. The molecule has 0 aliphatic carbocycles. The molecule has 2 aromatic carbocycles. The van der Waals surface area contributed by atoms with E-state index in [0.29, 0.717) is 38.4 Å². The van der Waals surface area contributed by atoms with Gasteiger partial charge in [0.25, 0.3) is 5.91 Å². The van der Waals surface area contributed by atoms with E-state index in [4.69, 9.17) is 4.74 Å². The Morgan fingerprint density at radius 1 is 1.00 bits per heavy atom. The number of hydrogen-bond donors (Lipinski definition) is 1. The van der Waals surface area contributed by atoms with Crippen molar-refractivity contribution in [3.63, 3.8) is 0 Å². The first-order valence-corrected chi connectivity index (χ1v) is 12.2. The van der Waals surface area contributed by atoms with Crippen molar-refractivity contribution in [3.05, 3.63) is 59.2 Å². The number of hydrogen-bond acceptors (Lipinski definition) is 5. The van der Waals surface area contributed by atoms with E-state index >= 15 is 0 Å². The van der Waals surface area contributed by atoms with E-state index in [-0.39, 0.29) is 10.8 Å². The number of benzene rings is 2. The summed E-state index contributed by atoms with van der Waals surface area (Å²) < 4.78 is 32.5. The van der Waals surface area contributed by atoms with Crippen molar-refractivity contribution in [2.45, 2.75) is 31.2 Å². The topological polar surface area (TPSA) is 78.9 Å². The fourth-order valence-electron chi connectivity index (χ4n) is 4.02. The summed E-state index contributed by atoms with van der Waals surface area (Å²) in [5.41, 5.74) is 3.33. The van der Waals surface area contributed by atoms with Gasteiger partial charge in [-0.1, -0.05) is 18.2 Å². The third-order valence-corrected chi connectivity index (χ3v) is 7.82. The van der Waals surface area contributed by atoms with Crippen LogP contribution < -0.4 is 10.2 Å². The predicted octanol–water partition coefficient (Wildman–Crippen LogP) is 2.55. The summed E-state index contributed by atoms with van der Waals surface area (Å²) >= 11 is 0. The molecule has 2 aliphatic rings. The number of nitrogens with one attached hydrogen (secondary N) is 1. The fraction of sp³-hybridized carbons (Fsp3) is 0.435. The van der Waals surface area contributed by atoms with Gasteiger partial charge >= 0.3 is 0 Å². The fourth-order valence-corrected chi connectivity index (χ4v) is 5.45. The zero-order chi connectivity index (χ0) is 21.8. The molecule has 4 rings (SSSR count). The molecule has 2 fully saturated rings. The van der Waals surface area contributed by atoms with Gasteiger partial charge in [0.05, 0.1) is 18.1 Å². The van der Waals surface area contributed by atoms with Crippen molar-refractivity contribution in [2.75, 3.05) is 44.3 Å². The molecule has 1 amide bonds. The van der Waals surface area contributed by atoms with Crippen molar-refractivity contribution in [3.8, 4) is 0 Å². The molecule has 0 unspecified atom stereocenters. The number of amides is 1. The van der Waals surface area contributed by atoms with Gasteiger partial charge in [-0.3, -0.25) is 4.79 Å². The number of sulfonamides is 1. The van der Waals surface area contributed by atoms with E-state index in [2.05, 4.69) is 22.3 Å². The first-order valence-electron chi connectivity index (χ1n) is 10.8. The molecular weight excluding hydrogens is 414 g/mol. The normalized spacial score (nSPS) is 17.6. The molecule has 0 saturated carbocycles. The van der Waals surface area contributed by atoms with Crippen LogP contribution in [0.5, 0.6) is 0 Å². The van der Waals surface area contributed by atoms with Crippen LogP contribution in [0, 0.1) is 6.92 Å². The number of carbonyl (C=O) groups is 1. The smallest absolute Gasteiger partial charge is 0.251 e. The van der Waals surface area contributed by atoms with Crippen LogP contribution in [-0.4, -0.2) is 58.0 Å². The highest BCUT2D eigenvalue weighted by Crippen LogP contribution is 2.22. The highest BCUT2D eigenvalue weighted by Gasteiger charge is 2.27. The minimum absolute atomic E-state index is 0.139. The van der Waals surface area contributed by atoms with Crippen molar-refractivity contribution in [1.29, 1.82) is 0 Å². The first kappa shape index (κ1) is 21.8. The van der Waals surface area contributed by atoms with Gasteiger partial charge in [0, 0.05) is 44.0 Å². The van der Waals surface area contributed by atoms with Crippen LogP contribution in [0.3, 0.4) is 0 Å². The van der Waals surface area contributed by atoms with Crippen molar-refractivity contribution >= 4 is 21.6 Å². The van der Waals surface area contributed by atoms with E-state index in [1.165, 1.54) is 28.9 Å². The Morgan fingerprint density at radius 2 is 1.68 bits per heavy atom. The average molecular weight is 444 g/mol. The summed E-state index contributed by atoms with van der Waals surface area (Å²) in [6.07, 6.45) is 2.47. The highest BCUT2D eigenvalue weighted by molar-refractivity contribution is 7.89. The number of nitrogens with zero attached hydrogens (tertiary/aromatic N) is 2. The lowest BCUT2D eigenvalue weighted by Crippen LogP contribution is -2.40. The average Bonchev–Trinajstić information content (AvgIpc) is 3.33. The standard InChI is InChI=1S/C23H29N3O4S/c1-18-4-9-21(31(28,29)26-12-14-30-15-13-26)16-22(18)23(27)24-17-19-5-7-20(8-6-19)25-10-2-3-11-25/h4-9,16H,2-3,10-15,17H2,1H3,(H,24,27). The second-order valence-electron chi connectivity index (χ2n) is 8.04. The Labute approximate surface area is 184 Å². The zero-order valence-electron chi connectivity index (χ0n) is 17.8. The summed E-state index contributed by atoms with van der Waals surface area (Å²) in [6.45, 7) is 5.81. The molecule has 2 aromatic rings. The molecule has 7 nitrogen and oxygen atoms in total. The van der Waals surface area contributed by atoms with Gasteiger partial charge < -0.3 is 15.0 Å². The molecule has 1 N–H and O–H groups in total. The number of anilines is 1. The molecule has 0 radical (unpaired) electrons. The van der Waals surface area contributed by atoms with E-state index < -0.39 is 10.0 Å². The number of morpholine rings is 1. The summed E-state index contributed by atoms with van der Waals surface area (Å²) in [4.78, 5) is 15.3. The van der Waals surface area contributed by atoms with Gasteiger partial charge in [-0.2, -0.15) is 4.31 Å². The third-order valence-electron chi connectivity index (χ3n) is 5.92. The number of ether oxygens (including phenoxy) is 1.